The van der Waals surface area contributed by atoms with Crippen molar-refractivity contribution in [3.05, 3.63) is 24.3 Å². The molecule has 154 valence electrons. The molecule has 0 radical (unpaired) electrons. The molecule has 0 bridgehead atoms. The van der Waals surface area contributed by atoms with Crippen molar-refractivity contribution in [2.45, 2.75) is 42.4 Å². The van der Waals surface area contributed by atoms with Crippen LogP contribution in [-0.4, -0.2) is 37.6 Å². The summed E-state index contributed by atoms with van der Waals surface area (Å²) in [5.74, 6) is 0.103. The largest absolute Gasteiger partial charge is 0.229 e. The Kier molecular flexibility index (Phi) is 5.56. The minimum atomic E-state index is -3.44. The molecule has 29 heavy (non-hydrogen) atoms. The molecule has 6 nitrogen and oxygen atoms in total. The Labute approximate surface area is 179 Å². The number of unbranched alkanes of at least 4 members (excludes halogenated alkanes) is 3. The van der Waals surface area contributed by atoms with Crippen LogP contribution in [0.2, 0.25) is 0 Å². The van der Waals surface area contributed by atoms with Gasteiger partial charge in [0.05, 0.1) is 17.1 Å². The summed E-state index contributed by atoms with van der Waals surface area (Å²) in [6.45, 7) is 2.09. The zero-order valence-electron chi connectivity index (χ0n) is 16.0. The summed E-state index contributed by atoms with van der Waals surface area (Å²) in [7, 11) is -6.86. The number of nitrogens with zero attached hydrogens (tertiary/aromatic N) is 2. The van der Waals surface area contributed by atoms with Crippen molar-refractivity contribution in [2.75, 3.05) is 12.0 Å². The fourth-order valence-electron chi connectivity index (χ4n) is 3.28. The number of aliphatic imine (C=N–C) groups is 2. The molecule has 0 fully saturated rings. The van der Waals surface area contributed by atoms with E-state index >= 15 is 0 Å². The second-order valence-corrected chi connectivity index (χ2v) is 13.6. The highest BCUT2D eigenvalue weighted by Crippen LogP contribution is 2.50. The van der Waals surface area contributed by atoms with Gasteiger partial charge in [0.2, 0.25) is 9.84 Å². The van der Waals surface area contributed by atoms with E-state index in [-0.39, 0.29) is 14.5 Å². The van der Waals surface area contributed by atoms with Gasteiger partial charge in [-0.3, -0.25) is 0 Å². The number of benzene rings is 2. The molecule has 2 aliphatic heterocycles. The number of rotatable bonds is 5. The molecule has 0 saturated carbocycles. The van der Waals surface area contributed by atoms with Crippen molar-refractivity contribution in [3.63, 3.8) is 0 Å². The van der Waals surface area contributed by atoms with Crippen molar-refractivity contribution >= 4 is 74.1 Å². The highest BCUT2D eigenvalue weighted by atomic mass is 32.3. The quantitative estimate of drug-likeness (QED) is 0.569. The molecular weight excluding hydrogens is 448 g/mol. The van der Waals surface area contributed by atoms with Crippen molar-refractivity contribution in [1.29, 1.82) is 0 Å². The third-order valence-corrected chi connectivity index (χ3v) is 10.7. The maximum absolute atomic E-state index is 12.8. The Hall–Kier alpha value is -1.36. The van der Waals surface area contributed by atoms with Gasteiger partial charge in [0.25, 0.3) is 0 Å². The van der Waals surface area contributed by atoms with E-state index in [2.05, 4.69) is 16.9 Å². The van der Waals surface area contributed by atoms with Gasteiger partial charge in [-0.2, -0.15) is 0 Å². The van der Waals surface area contributed by atoms with Crippen LogP contribution < -0.4 is 0 Å². The summed E-state index contributed by atoms with van der Waals surface area (Å²) in [6.07, 6.45) is 4.75. The van der Waals surface area contributed by atoms with Crippen LogP contribution in [0, 0.1) is 0 Å². The van der Waals surface area contributed by atoms with E-state index < -0.39 is 19.7 Å². The highest BCUT2D eigenvalue weighted by molar-refractivity contribution is 8.36. The summed E-state index contributed by atoms with van der Waals surface area (Å²) in [6, 6.07) is 7.10. The molecule has 0 saturated heterocycles. The molecule has 2 aromatic carbocycles. The van der Waals surface area contributed by atoms with E-state index in [0.29, 0.717) is 17.8 Å². The SMILES string of the molecule is CCCCCCS(=O)(=O)C1=Nc2ccc3c4c(ccc(c24)S1)N=C(S(C)(=O)=O)S3. The van der Waals surface area contributed by atoms with Crippen LogP contribution in [0.4, 0.5) is 11.4 Å². The Bertz CT molecular complexity index is 1280. The van der Waals surface area contributed by atoms with Crippen molar-refractivity contribution in [1.82, 2.24) is 0 Å². The molecule has 0 aromatic heterocycles. The zero-order chi connectivity index (χ0) is 20.8. The third kappa shape index (κ3) is 3.99. The number of sulfone groups is 2. The normalized spacial score (nSPS) is 15.9. The van der Waals surface area contributed by atoms with Gasteiger partial charge in [0, 0.05) is 26.8 Å². The molecule has 0 atom stereocenters. The van der Waals surface area contributed by atoms with Gasteiger partial charge in [0.1, 0.15) is 0 Å². The van der Waals surface area contributed by atoms with E-state index in [1.165, 1.54) is 0 Å². The Morgan fingerprint density at radius 3 is 1.90 bits per heavy atom. The van der Waals surface area contributed by atoms with E-state index in [0.717, 1.165) is 69.6 Å². The van der Waals surface area contributed by atoms with Gasteiger partial charge in [0.15, 0.2) is 18.6 Å². The standard InChI is InChI=1S/C19H20N2O4S4/c1-3-4-5-6-11-29(24,25)19-21-13-8-9-14-16-12(7-10-15(27-19)17(13)16)20-18(26-14)28(2,22)23/h7-10H,3-6,11H2,1-2H3. The smallest absolute Gasteiger partial charge is 0.202 e. The fourth-order valence-corrected chi connectivity index (χ4v) is 8.00. The molecule has 0 aliphatic carbocycles. The molecule has 0 N–H and O–H groups in total. The van der Waals surface area contributed by atoms with Crippen molar-refractivity contribution < 1.29 is 16.8 Å². The Morgan fingerprint density at radius 2 is 1.34 bits per heavy atom. The Balaban J connectivity index is 1.77. The first kappa shape index (κ1) is 20.9. The molecule has 0 spiro atoms. The van der Waals surface area contributed by atoms with E-state index in [9.17, 15) is 16.8 Å². The number of hydrogen-bond donors (Lipinski definition) is 0. The van der Waals surface area contributed by atoms with E-state index in [1.54, 1.807) is 24.3 Å². The lowest BCUT2D eigenvalue weighted by Gasteiger charge is -2.21. The van der Waals surface area contributed by atoms with Crippen LogP contribution >= 0.6 is 23.5 Å². The first-order chi connectivity index (χ1) is 13.7. The summed E-state index contributed by atoms with van der Waals surface area (Å²) < 4.78 is 49.7. The topological polar surface area (TPSA) is 93.0 Å². The zero-order valence-corrected chi connectivity index (χ0v) is 19.3. The van der Waals surface area contributed by atoms with Gasteiger partial charge in [-0.25, -0.2) is 26.8 Å². The predicted octanol–water partition coefficient (Wildman–Crippen LogP) is 5.07. The second kappa shape index (κ2) is 7.72. The average Bonchev–Trinajstić information content (AvgIpc) is 2.68. The summed E-state index contributed by atoms with van der Waals surface area (Å²) in [4.78, 5) is 10.4. The van der Waals surface area contributed by atoms with Crippen molar-refractivity contribution in [2.24, 2.45) is 9.98 Å². The maximum atomic E-state index is 12.8. The minimum Gasteiger partial charge on any atom is -0.229 e. The number of hydrogen-bond acceptors (Lipinski definition) is 8. The molecule has 4 rings (SSSR count). The number of thioether (sulfide) groups is 2. The molecule has 0 amide bonds. The van der Waals surface area contributed by atoms with Gasteiger partial charge in [-0.15, -0.1) is 0 Å². The van der Waals surface area contributed by atoms with E-state index in [1.807, 2.05) is 0 Å². The molecular formula is C19H20N2O4S4. The second-order valence-electron chi connectivity index (χ2n) is 7.03. The molecule has 2 aliphatic rings. The molecule has 10 heteroatoms. The first-order valence-electron chi connectivity index (χ1n) is 9.26. The lowest BCUT2D eigenvalue weighted by Crippen LogP contribution is -2.17. The van der Waals surface area contributed by atoms with Gasteiger partial charge in [-0.1, -0.05) is 49.7 Å². The molecule has 0 unspecified atom stereocenters. The van der Waals surface area contributed by atoms with Gasteiger partial charge in [-0.05, 0) is 30.7 Å². The van der Waals surface area contributed by atoms with Crippen LogP contribution in [0.5, 0.6) is 0 Å². The van der Waals surface area contributed by atoms with Gasteiger partial charge < -0.3 is 0 Å². The minimum absolute atomic E-state index is 0.0651. The van der Waals surface area contributed by atoms with Crippen molar-refractivity contribution in [3.8, 4) is 0 Å². The fraction of sp³-hybridized carbons (Fsp3) is 0.368. The van der Waals surface area contributed by atoms with E-state index in [4.69, 9.17) is 0 Å². The monoisotopic (exact) mass is 468 g/mol. The predicted molar refractivity (Wildman–Crippen MR) is 123 cm³/mol. The van der Waals surface area contributed by atoms with Crippen LogP contribution in [0.1, 0.15) is 32.6 Å². The first-order valence-corrected chi connectivity index (χ1v) is 14.4. The van der Waals surface area contributed by atoms with Crippen LogP contribution in [0.15, 0.2) is 44.0 Å². The summed E-state index contributed by atoms with van der Waals surface area (Å²) >= 11 is 2.28. The average molecular weight is 469 g/mol. The maximum Gasteiger partial charge on any atom is 0.202 e. The molecule has 2 aromatic rings. The third-order valence-electron chi connectivity index (χ3n) is 4.71. The lowest BCUT2D eigenvalue weighted by molar-refractivity contribution is 0.600. The Morgan fingerprint density at radius 1 is 0.793 bits per heavy atom. The van der Waals surface area contributed by atoms with Gasteiger partial charge >= 0.3 is 0 Å². The van der Waals surface area contributed by atoms with Crippen LogP contribution in [0.3, 0.4) is 0 Å². The summed E-state index contributed by atoms with van der Waals surface area (Å²) in [5, 5.41) is 1.66. The molecule has 2 heterocycles. The van der Waals surface area contributed by atoms with Crippen LogP contribution in [0.25, 0.3) is 10.8 Å². The van der Waals surface area contributed by atoms with Crippen LogP contribution in [-0.2, 0) is 19.7 Å². The summed E-state index contributed by atoms with van der Waals surface area (Å²) in [5.41, 5.74) is 1.16. The lowest BCUT2D eigenvalue weighted by atomic mass is 10.1. The highest BCUT2D eigenvalue weighted by Gasteiger charge is 2.30.